The molecule has 1 aliphatic heterocycles. The topological polar surface area (TPSA) is 95.1 Å². The van der Waals surface area contributed by atoms with Gasteiger partial charge in [0.2, 0.25) is 5.95 Å². The maximum absolute atomic E-state index is 13.1. The summed E-state index contributed by atoms with van der Waals surface area (Å²) in [5.74, 6) is 0.356. The first-order valence-electron chi connectivity index (χ1n) is 8.33. The molecule has 0 saturated carbocycles. The Morgan fingerprint density at radius 1 is 1.23 bits per heavy atom. The van der Waals surface area contributed by atoms with Crippen molar-refractivity contribution in [1.29, 1.82) is 0 Å². The van der Waals surface area contributed by atoms with E-state index in [9.17, 15) is 9.59 Å². The molecular weight excluding hydrogens is 332 g/mol. The lowest BCUT2D eigenvalue weighted by Crippen LogP contribution is -2.39. The van der Waals surface area contributed by atoms with Gasteiger partial charge >= 0.3 is 0 Å². The first-order valence-corrected chi connectivity index (χ1v) is 8.33. The van der Waals surface area contributed by atoms with Gasteiger partial charge in [0, 0.05) is 38.6 Å². The molecule has 4 rings (SSSR count). The molecule has 8 nitrogen and oxygen atoms in total. The summed E-state index contributed by atoms with van der Waals surface area (Å²) in [4.78, 5) is 44.6. The van der Waals surface area contributed by atoms with E-state index >= 15 is 0 Å². The zero-order valence-corrected chi connectivity index (χ0v) is 14.6. The normalized spacial score (nSPS) is 13.5. The van der Waals surface area contributed by atoms with Crippen LogP contribution in [0, 0.1) is 0 Å². The van der Waals surface area contributed by atoms with E-state index in [0.717, 1.165) is 0 Å². The quantitative estimate of drug-likeness (QED) is 0.740. The molecule has 2 aromatic heterocycles. The van der Waals surface area contributed by atoms with Crippen molar-refractivity contribution in [2.45, 2.75) is 13.0 Å². The Kier molecular flexibility index (Phi) is 3.87. The SMILES string of the molecule is CN(C)c1nc2c(c(=O)[nH]1)CCN(C(=O)c1cccc3nccnc13)C2. The van der Waals surface area contributed by atoms with Crippen LogP contribution in [0.3, 0.4) is 0 Å². The van der Waals surface area contributed by atoms with E-state index in [1.54, 1.807) is 34.3 Å². The molecule has 1 aromatic carbocycles. The number of fused-ring (bicyclic) bond motifs is 2. The van der Waals surface area contributed by atoms with Crippen molar-refractivity contribution < 1.29 is 4.79 Å². The van der Waals surface area contributed by atoms with E-state index in [4.69, 9.17) is 0 Å². The average Bonchev–Trinajstić information content (AvgIpc) is 2.66. The molecule has 1 aliphatic rings. The number of anilines is 1. The number of hydrogen-bond acceptors (Lipinski definition) is 6. The third-order valence-corrected chi connectivity index (χ3v) is 4.50. The van der Waals surface area contributed by atoms with Gasteiger partial charge in [-0.3, -0.25) is 24.5 Å². The zero-order valence-electron chi connectivity index (χ0n) is 14.6. The number of amides is 1. The summed E-state index contributed by atoms with van der Waals surface area (Å²) in [6, 6.07) is 5.38. The molecule has 0 fully saturated rings. The lowest BCUT2D eigenvalue weighted by atomic mass is 10.0. The lowest BCUT2D eigenvalue weighted by molar-refractivity contribution is 0.0733. The molecule has 132 valence electrons. The summed E-state index contributed by atoms with van der Waals surface area (Å²) in [7, 11) is 3.62. The van der Waals surface area contributed by atoms with Gasteiger partial charge in [-0.1, -0.05) is 6.07 Å². The van der Waals surface area contributed by atoms with Gasteiger partial charge in [-0.15, -0.1) is 0 Å². The minimum atomic E-state index is -0.137. The molecule has 0 aliphatic carbocycles. The fourth-order valence-corrected chi connectivity index (χ4v) is 3.15. The third kappa shape index (κ3) is 2.69. The first-order chi connectivity index (χ1) is 12.5. The highest BCUT2D eigenvalue weighted by molar-refractivity contribution is 6.04. The Balaban J connectivity index is 1.70. The standard InChI is InChI=1S/C18H18N6O2/c1-23(2)18-21-14-10-24(9-6-11(14)16(25)22-18)17(26)12-4-3-5-13-15(12)20-8-7-19-13/h3-5,7-8H,6,9-10H2,1-2H3,(H,21,22,25). The highest BCUT2D eigenvalue weighted by Gasteiger charge is 2.26. The third-order valence-electron chi connectivity index (χ3n) is 4.50. The predicted octanol–water partition coefficient (Wildman–Crippen LogP) is 0.978. The summed E-state index contributed by atoms with van der Waals surface area (Å²) < 4.78 is 0. The second-order valence-electron chi connectivity index (χ2n) is 6.42. The molecule has 3 heterocycles. The Morgan fingerprint density at radius 2 is 2.04 bits per heavy atom. The van der Waals surface area contributed by atoms with Gasteiger partial charge < -0.3 is 9.80 Å². The molecule has 1 amide bonds. The van der Waals surface area contributed by atoms with Gasteiger partial charge in [0.15, 0.2) is 0 Å². The molecule has 26 heavy (non-hydrogen) atoms. The number of H-pyrrole nitrogens is 1. The highest BCUT2D eigenvalue weighted by Crippen LogP contribution is 2.21. The summed E-state index contributed by atoms with van der Waals surface area (Å²) in [6.07, 6.45) is 3.66. The molecular formula is C18H18N6O2. The van der Waals surface area contributed by atoms with Gasteiger partial charge in [-0.25, -0.2) is 4.98 Å². The van der Waals surface area contributed by atoms with Crippen molar-refractivity contribution in [3.05, 3.63) is 57.8 Å². The van der Waals surface area contributed by atoms with Gasteiger partial charge in [-0.2, -0.15) is 0 Å². The van der Waals surface area contributed by atoms with E-state index in [0.29, 0.717) is 53.3 Å². The Hall–Kier alpha value is -3.29. The van der Waals surface area contributed by atoms with Crippen molar-refractivity contribution in [3.8, 4) is 0 Å². The number of rotatable bonds is 2. The molecule has 0 saturated heterocycles. The Morgan fingerprint density at radius 3 is 2.85 bits per heavy atom. The molecule has 3 aromatic rings. The van der Waals surface area contributed by atoms with Crippen LogP contribution in [-0.4, -0.2) is 51.4 Å². The maximum Gasteiger partial charge on any atom is 0.256 e. The molecule has 0 unspecified atom stereocenters. The van der Waals surface area contributed by atoms with Crippen LogP contribution in [0.2, 0.25) is 0 Å². The number of carbonyl (C=O) groups is 1. The number of nitrogens with zero attached hydrogens (tertiary/aromatic N) is 5. The Labute approximate surface area is 149 Å². The second kappa shape index (κ2) is 6.21. The van der Waals surface area contributed by atoms with E-state index in [1.807, 2.05) is 20.2 Å². The lowest BCUT2D eigenvalue weighted by Gasteiger charge is -2.28. The molecule has 0 spiro atoms. The summed E-state index contributed by atoms with van der Waals surface area (Å²) in [5, 5.41) is 0. The number of aromatic nitrogens is 4. The van der Waals surface area contributed by atoms with Crippen molar-refractivity contribution in [2.75, 3.05) is 25.5 Å². The zero-order chi connectivity index (χ0) is 18.3. The number of hydrogen-bond donors (Lipinski definition) is 1. The minimum absolute atomic E-state index is 0.129. The number of nitrogens with one attached hydrogen (secondary N) is 1. The van der Waals surface area contributed by atoms with Crippen LogP contribution in [0.15, 0.2) is 35.4 Å². The van der Waals surface area contributed by atoms with Crippen molar-refractivity contribution >= 4 is 22.9 Å². The average molecular weight is 350 g/mol. The van der Waals surface area contributed by atoms with Gasteiger partial charge in [-0.05, 0) is 18.6 Å². The van der Waals surface area contributed by atoms with E-state index in [2.05, 4.69) is 19.9 Å². The van der Waals surface area contributed by atoms with E-state index in [-0.39, 0.29) is 11.5 Å². The number of carbonyl (C=O) groups excluding carboxylic acids is 1. The number of para-hydroxylation sites is 1. The van der Waals surface area contributed by atoms with Crippen LogP contribution in [0.5, 0.6) is 0 Å². The first kappa shape index (κ1) is 16.2. The minimum Gasteiger partial charge on any atom is -0.348 e. The highest BCUT2D eigenvalue weighted by atomic mass is 16.2. The number of aromatic amines is 1. The Bertz CT molecular complexity index is 1050. The summed E-state index contributed by atoms with van der Waals surface area (Å²) in [6.45, 7) is 0.768. The van der Waals surface area contributed by atoms with Crippen LogP contribution >= 0.6 is 0 Å². The van der Waals surface area contributed by atoms with Crippen molar-refractivity contribution in [3.63, 3.8) is 0 Å². The molecule has 8 heteroatoms. The van der Waals surface area contributed by atoms with Crippen LogP contribution < -0.4 is 10.5 Å². The molecule has 1 N–H and O–H groups in total. The molecule has 0 radical (unpaired) electrons. The monoisotopic (exact) mass is 350 g/mol. The van der Waals surface area contributed by atoms with Crippen LogP contribution in [-0.2, 0) is 13.0 Å². The summed E-state index contributed by atoms with van der Waals surface area (Å²) >= 11 is 0. The van der Waals surface area contributed by atoms with Crippen LogP contribution in [0.1, 0.15) is 21.6 Å². The fourth-order valence-electron chi connectivity index (χ4n) is 3.15. The number of benzene rings is 1. The van der Waals surface area contributed by atoms with E-state index in [1.165, 1.54) is 0 Å². The maximum atomic E-state index is 13.1. The summed E-state index contributed by atoms with van der Waals surface area (Å²) in [5.41, 5.74) is 2.93. The van der Waals surface area contributed by atoms with Crippen molar-refractivity contribution in [1.82, 2.24) is 24.8 Å². The van der Waals surface area contributed by atoms with Gasteiger partial charge in [0.05, 0.1) is 23.3 Å². The molecule has 0 bridgehead atoms. The fraction of sp³-hybridized carbons (Fsp3) is 0.278. The molecule has 0 atom stereocenters. The predicted molar refractivity (Wildman–Crippen MR) is 97.2 cm³/mol. The smallest absolute Gasteiger partial charge is 0.256 e. The van der Waals surface area contributed by atoms with Gasteiger partial charge in [0.25, 0.3) is 11.5 Å². The van der Waals surface area contributed by atoms with Crippen molar-refractivity contribution in [2.24, 2.45) is 0 Å². The van der Waals surface area contributed by atoms with Crippen LogP contribution in [0.25, 0.3) is 11.0 Å². The largest absolute Gasteiger partial charge is 0.348 e. The van der Waals surface area contributed by atoms with Gasteiger partial charge in [0.1, 0.15) is 5.52 Å². The van der Waals surface area contributed by atoms with Crippen LogP contribution in [0.4, 0.5) is 5.95 Å². The van der Waals surface area contributed by atoms with E-state index < -0.39 is 0 Å². The second-order valence-corrected chi connectivity index (χ2v) is 6.42.